The Labute approximate surface area is 135 Å². The molecule has 1 aliphatic heterocycles. The molecule has 1 amide bonds. The van der Waals surface area contributed by atoms with Gasteiger partial charge in [-0.1, -0.05) is 13.8 Å². The van der Waals surface area contributed by atoms with Crippen LogP contribution in [0.5, 0.6) is 0 Å². The van der Waals surface area contributed by atoms with Gasteiger partial charge in [-0.15, -0.1) is 0 Å². The second-order valence-corrected chi connectivity index (χ2v) is 6.47. The molecule has 1 atom stereocenters. The molecule has 1 rings (SSSR count). The number of hydrogen-bond donors (Lipinski definition) is 2. The van der Waals surface area contributed by atoms with Crippen molar-refractivity contribution in [1.82, 2.24) is 20.4 Å². The second kappa shape index (κ2) is 8.36. The number of likely N-dealkylation sites (N-methyl/N-ethyl adjacent to an activating group) is 1. The molecule has 1 heterocycles. The lowest BCUT2D eigenvalue weighted by atomic mass is 9.92. The van der Waals surface area contributed by atoms with E-state index in [1.807, 2.05) is 13.8 Å². The third-order valence-electron chi connectivity index (χ3n) is 4.53. The van der Waals surface area contributed by atoms with Crippen LogP contribution in [0.3, 0.4) is 0 Å². The minimum Gasteiger partial charge on any atom is -0.359 e. The summed E-state index contributed by atoms with van der Waals surface area (Å²) in [5.41, 5.74) is -0.456. The van der Waals surface area contributed by atoms with Gasteiger partial charge < -0.3 is 15.5 Å². The first-order valence-electron chi connectivity index (χ1n) is 8.31. The lowest BCUT2D eigenvalue weighted by Crippen LogP contribution is -2.48. The van der Waals surface area contributed by atoms with Crippen LogP contribution in [0, 0.1) is 5.41 Å². The van der Waals surface area contributed by atoms with Crippen LogP contribution >= 0.6 is 0 Å². The first kappa shape index (κ1) is 18.7. The number of carbonyl (C=O) groups is 1. The molecule has 22 heavy (non-hydrogen) atoms. The van der Waals surface area contributed by atoms with Gasteiger partial charge >= 0.3 is 0 Å². The molecule has 1 saturated heterocycles. The molecule has 0 aromatic carbocycles. The van der Waals surface area contributed by atoms with Crippen LogP contribution in [0.15, 0.2) is 4.99 Å². The highest BCUT2D eigenvalue weighted by atomic mass is 16.2. The predicted octanol–water partition coefficient (Wildman–Crippen LogP) is 0.750. The molecule has 2 N–H and O–H groups in total. The molecule has 0 bridgehead atoms. The van der Waals surface area contributed by atoms with Crippen LogP contribution in [-0.2, 0) is 4.79 Å². The summed E-state index contributed by atoms with van der Waals surface area (Å²) in [6.45, 7) is 13.1. The molecule has 1 fully saturated rings. The summed E-state index contributed by atoms with van der Waals surface area (Å²) in [6.07, 6.45) is 1.17. The SMILES string of the molecule is CCN(CC)C1CCN(C(=NC)NCC(C)(C)C(=O)NC)C1. The van der Waals surface area contributed by atoms with Crippen LogP contribution in [0.25, 0.3) is 0 Å². The van der Waals surface area contributed by atoms with E-state index in [0.717, 1.165) is 32.1 Å². The van der Waals surface area contributed by atoms with Crippen molar-refractivity contribution in [2.75, 3.05) is 46.8 Å². The van der Waals surface area contributed by atoms with Gasteiger partial charge in [0.15, 0.2) is 5.96 Å². The Balaban J connectivity index is 2.58. The lowest BCUT2D eigenvalue weighted by Gasteiger charge is -2.29. The van der Waals surface area contributed by atoms with Crippen LogP contribution in [0.2, 0.25) is 0 Å². The van der Waals surface area contributed by atoms with E-state index in [2.05, 4.69) is 39.3 Å². The first-order chi connectivity index (χ1) is 10.4. The van der Waals surface area contributed by atoms with Crippen molar-refractivity contribution >= 4 is 11.9 Å². The van der Waals surface area contributed by atoms with Crippen molar-refractivity contribution in [3.63, 3.8) is 0 Å². The molecule has 0 aromatic rings. The minimum atomic E-state index is -0.456. The number of carbonyl (C=O) groups excluding carboxylic acids is 1. The summed E-state index contributed by atoms with van der Waals surface area (Å²) in [5.74, 6) is 0.935. The number of hydrogen-bond acceptors (Lipinski definition) is 3. The molecule has 6 heteroatoms. The number of nitrogens with zero attached hydrogens (tertiary/aromatic N) is 3. The smallest absolute Gasteiger partial charge is 0.227 e. The molecular weight excluding hydrogens is 278 g/mol. The van der Waals surface area contributed by atoms with Gasteiger partial charge in [0.05, 0.1) is 5.41 Å². The number of likely N-dealkylation sites (tertiary alicyclic amines) is 1. The molecular formula is C16H33N5O. The van der Waals surface area contributed by atoms with E-state index in [9.17, 15) is 4.79 Å². The number of guanidine groups is 1. The third-order valence-corrected chi connectivity index (χ3v) is 4.53. The Morgan fingerprint density at radius 3 is 2.50 bits per heavy atom. The fraction of sp³-hybridized carbons (Fsp3) is 0.875. The summed E-state index contributed by atoms with van der Waals surface area (Å²) >= 11 is 0. The van der Waals surface area contributed by atoms with Gasteiger partial charge in [0.25, 0.3) is 0 Å². The maximum Gasteiger partial charge on any atom is 0.227 e. The maximum absolute atomic E-state index is 11.9. The highest BCUT2D eigenvalue weighted by molar-refractivity contribution is 5.84. The Hall–Kier alpha value is -1.30. The van der Waals surface area contributed by atoms with Crippen molar-refractivity contribution in [3.8, 4) is 0 Å². The number of aliphatic imine (C=N–C) groups is 1. The van der Waals surface area contributed by atoms with Gasteiger partial charge in [0, 0.05) is 39.8 Å². The molecule has 0 spiro atoms. The number of rotatable bonds is 6. The van der Waals surface area contributed by atoms with Crippen LogP contribution in [0.1, 0.15) is 34.1 Å². The van der Waals surface area contributed by atoms with Gasteiger partial charge in [-0.05, 0) is 33.4 Å². The van der Waals surface area contributed by atoms with Crippen molar-refractivity contribution in [1.29, 1.82) is 0 Å². The lowest BCUT2D eigenvalue weighted by molar-refractivity contribution is -0.128. The van der Waals surface area contributed by atoms with Gasteiger partial charge in [0.2, 0.25) is 5.91 Å². The molecule has 0 radical (unpaired) electrons. The first-order valence-corrected chi connectivity index (χ1v) is 8.31. The molecule has 0 aliphatic carbocycles. The van der Waals surface area contributed by atoms with E-state index in [0.29, 0.717) is 12.6 Å². The highest BCUT2D eigenvalue weighted by Gasteiger charge is 2.30. The van der Waals surface area contributed by atoms with Gasteiger partial charge in [-0.25, -0.2) is 0 Å². The number of amides is 1. The fourth-order valence-electron chi connectivity index (χ4n) is 3.02. The maximum atomic E-state index is 11.9. The summed E-state index contributed by atoms with van der Waals surface area (Å²) in [7, 11) is 3.48. The van der Waals surface area contributed by atoms with Crippen LogP contribution < -0.4 is 10.6 Å². The van der Waals surface area contributed by atoms with Crippen LogP contribution in [-0.4, -0.2) is 74.5 Å². The van der Waals surface area contributed by atoms with E-state index in [4.69, 9.17) is 0 Å². The minimum absolute atomic E-state index is 0.0397. The summed E-state index contributed by atoms with van der Waals surface area (Å²) in [6, 6.07) is 0.598. The average Bonchev–Trinajstić information content (AvgIpc) is 2.97. The molecule has 128 valence electrons. The standard InChI is InChI=1S/C16H33N5O/c1-7-20(8-2)13-9-10-21(11-13)15(18-6)19-12-16(3,4)14(22)17-5/h13H,7-12H2,1-6H3,(H,17,22)(H,18,19). The van der Waals surface area contributed by atoms with Crippen molar-refractivity contribution in [2.24, 2.45) is 10.4 Å². The van der Waals surface area contributed by atoms with Gasteiger partial charge in [-0.3, -0.25) is 14.7 Å². The summed E-state index contributed by atoms with van der Waals surface area (Å²) < 4.78 is 0. The normalized spacial score (nSPS) is 19.7. The molecule has 6 nitrogen and oxygen atoms in total. The van der Waals surface area contributed by atoms with Crippen molar-refractivity contribution in [3.05, 3.63) is 0 Å². The average molecular weight is 311 g/mol. The Kier molecular flexibility index (Phi) is 7.13. The molecule has 0 aromatic heterocycles. The molecule has 1 aliphatic rings. The summed E-state index contributed by atoms with van der Waals surface area (Å²) in [5, 5.41) is 6.07. The topological polar surface area (TPSA) is 60.0 Å². The summed E-state index contributed by atoms with van der Waals surface area (Å²) in [4.78, 5) is 21.0. The van der Waals surface area contributed by atoms with Gasteiger partial charge in [0.1, 0.15) is 0 Å². The quantitative estimate of drug-likeness (QED) is 0.561. The predicted molar refractivity (Wildman–Crippen MR) is 92.1 cm³/mol. The Morgan fingerprint density at radius 2 is 2.00 bits per heavy atom. The zero-order valence-electron chi connectivity index (χ0n) is 15.1. The zero-order chi connectivity index (χ0) is 16.8. The number of nitrogens with one attached hydrogen (secondary N) is 2. The second-order valence-electron chi connectivity index (χ2n) is 6.47. The van der Waals surface area contributed by atoms with Crippen molar-refractivity contribution < 1.29 is 4.79 Å². The van der Waals surface area contributed by atoms with E-state index < -0.39 is 5.41 Å². The monoisotopic (exact) mass is 311 g/mol. The third kappa shape index (κ3) is 4.60. The fourth-order valence-corrected chi connectivity index (χ4v) is 3.02. The van der Waals surface area contributed by atoms with Crippen molar-refractivity contribution in [2.45, 2.75) is 40.2 Å². The van der Waals surface area contributed by atoms with Crippen LogP contribution in [0.4, 0.5) is 0 Å². The zero-order valence-corrected chi connectivity index (χ0v) is 15.1. The Bertz CT molecular complexity index is 390. The molecule has 1 unspecified atom stereocenters. The van der Waals surface area contributed by atoms with E-state index >= 15 is 0 Å². The van der Waals surface area contributed by atoms with E-state index in [1.165, 1.54) is 6.42 Å². The van der Waals surface area contributed by atoms with E-state index in [-0.39, 0.29) is 5.91 Å². The largest absolute Gasteiger partial charge is 0.359 e. The molecule has 0 saturated carbocycles. The van der Waals surface area contributed by atoms with Gasteiger partial charge in [-0.2, -0.15) is 0 Å². The highest BCUT2D eigenvalue weighted by Crippen LogP contribution is 2.17. The van der Waals surface area contributed by atoms with E-state index in [1.54, 1.807) is 14.1 Å². The Morgan fingerprint density at radius 1 is 1.36 bits per heavy atom.